The molecule has 0 spiro atoms. The van der Waals surface area contributed by atoms with E-state index >= 15 is 0 Å². The molecule has 2 aliphatic rings. The van der Waals surface area contributed by atoms with Crippen LogP contribution in [0.2, 0.25) is 0 Å². The normalized spacial score (nSPS) is 27.1. The number of ether oxygens (including phenoxy) is 1. The number of piperidine rings is 1. The van der Waals surface area contributed by atoms with E-state index in [1.807, 2.05) is 29.6 Å². The lowest BCUT2D eigenvalue weighted by atomic mass is 9.91. The number of hydrogen-bond donors (Lipinski definition) is 1. The van der Waals surface area contributed by atoms with Crippen molar-refractivity contribution in [1.29, 1.82) is 0 Å². The largest absolute Gasteiger partial charge is 0.468 e. The molecule has 1 amide bonds. The van der Waals surface area contributed by atoms with Crippen molar-refractivity contribution in [2.24, 2.45) is 5.92 Å². The van der Waals surface area contributed by atoms with Crippen LogP contribution in [0.4, 0.5) is 0 Å². The van der Waals surface area contributed by atoms with E-state index in [0.29, 0.717) is 12.5 Å². The van der Waals surface area contributed by atoms with E-state index in [1.54, 1.807) is 17.6 Å². The summed E-state index contributed by atoms with van der Waals surface area (Å²) < 4.78 is 11.5. The van der Waals surface area contributed by atoms with Gasteiger partial charge in [-0.1, -0.05) is 6.07 Å². The van der Waals surface area contributed by atoms with Crippen molar-refractivity contribution in [2.45, 2.75) is 38.1 Å². The Morgan fingerprint density at radius 2 is 2.33 bits per heavy atom. The van der Waals surface area contributed by atoms with Crippen molar-refractivity contribution < 1.29 is 13.9 Å². The number of hydrogen-bond acceptors (Lipinski definition) is 5. The van der Waals surface area contributed by atoms with Crippen LogP contribution in [0.15, 0.2) is 40.3 Å². The molecule has 1 N–H and O–H groups in total. The summed E-state index contributed by atoms with van der Waals surface area (Å²) in [6.07, 6.45) is 3.49. The van der Waals surface area contributed by atoms with Gasteiger partial charge in [-0.2, -0.15) is 0 Å². The fraction of sp³-hybridized carbons (Fsp3) is 0.500. The second-order valence-corrected chi connectivity index (χ2v) is 7.59. The van der Waals surface area contributed by atoms with Crippen LogP contribution in [0.5, 0.6) is 0 Å². The van der Waals surface area contributed by atoms with Gasteiger partial charge >= 0.3 is 0 Å². The number of fused-ring (bicyclic) bond motifs is 1. The highest BCUT2D eigenvalue weighted by atomic mass is 32.1. The number of amides is 1. The van der Waals surface area contributed by atoms with E-state index in [-0.39, 0.29) is 18.1 Å². The van der Waals surface area contributed by atoms with Crippen molar-refractivity contribution >= 4 is 17.2 Å². The number of likely N-dealkylation sites (tertiary alicyclic amines) is 1. The van der Waals surface area contributed by atoms with Crippen molar-refractivity contribution in [3.63, 3.8) is 0 Å². The summed E-state index contributed by atoms with van der Waals surface area (Å²) in [5.41, 5.74) is 0. The molecular formula is C18H22N2O3S. The van der Waals surface area contributed by atoms with E-state index in [2.05, 4.69) is 10.2 Å². The molecule has 2 fully saturated rings. The van der Waals surface area contributed by atoms with Gasteiger partial charge in [-0.25, -0.2) is 0 Å². The minimum Gasteiger partial charge on any atom is -0.468 e. The van der Waals surface area contributed by atoms with Gasteiger partial charge in [-0.05, 0) is 48.9 Å². The van der Waals surface area contributed by atoms with Gasteiger partial charge in [0, 0.05) is 11.4 Å². The van der Waals surface area contributed by atoms with E-state index in [1.165, 1.54) is 4.88 Å². The number of furan rings is 1. The first-order valence-corrected chi connectivity index (χ1v) is 9.36. The fourth-order valence-corrected chi connectivity index (χ4v) is 4.28. The lowest BCUT2D eigenvalue weighted by Gasteiger charge is -2.33. The van der Waals surface area contributed by atoms with Gasteiger partial charge in [0.05, 0.1) is 25.5 Å². The van der Waals surface area contributed by atoms with Crippen LogP contribution in [0.3, 0.4) is 0 Å². The number of thiophene rings is 1. The van der Waals surface area contributed by atoms with E-state index in [0.717, 1.165) is 38.2 Å². The Morgan fingerprint density at radius 3 is 3.12 bits per heavy atom. The third-order valence-electron chi connectivity index (χ3n) is 4.90. The summed E-state index contributed by atoms with van der Waals surface area (Å²) in [6.45, 7) is 3.32. The van der Waals surface area contributed by atoms with E-state index in [9.17, 15) is 4.79 Å². The Balaban J connectivity index is 1.28. The third kappa shape index (κ3) is 3.55. The van der Waals surface area contributed by atoms with Gasteiger partial charge in [-0.3, -0.25) is 9.69 Å². The van der Waals surface area contributed by atoms with Crippen LogP contribution < -0.4 is 5.32 Å². The average Bonchev–Trinajstić information content (AvgIpc) is 3.33. The molecule has 2 saturated heterocycles. The van der Waals surface area contributed by atoms with Gasteiger partial charge in [0.15, 0.2) is 0 Å². The fourth-order valence-electron chi connectivity index (χ4n) is 3.63. The molecule has 0 saturated carbocycles. The molecule has 0 bridgehead atoms. The number of nitrogens with one attached hydrogen (secondary N) is 1. The number of carbonyl (C=O) groups is 1. The van der Waals surface area contributed by atoms with Gasteiger partial charge in [0.1, 0.15) is 11.9 Å². The molecule has 128 valence electrons. The average molecular weight is 346 g/mol. The standard InChI is InChI=1S/C18H22N2O3S/c21-18(19-10-15-4-2-8-24-15)16-9-13-5-6-20(12-17(13)23-16)11-14-3-1-7-22-14/h1-4,7-8,13,16-17H,5-6,9-12H2,(H,19,21)/t13-,16+,17+/m0/s1. The summed E-state index contributed by atoms with van der Waals surface area (Å²) in [7, 11) is 0. The molecule has 2 aromatic rings. The van der Waals surface area contributed by atoms with E-state index in [4.69, 9.17) is 9.15 Å². The molecule has 0 radical (unpaired) electrons. The van der Waals surface area contributed by atoms with Gasteiger partial charge in [0.25, 0.3) is 0 Å². The summed E-state index contributed by atoms with van der Waals surface area (Å²) in [6, 6.07) is 7.96. The minimum atomic E-state index is -0.302. The van der Waals surface area contributed by atoms with Crippen LogP contribution in [0.1, 0.15) is 23.5 Å². The minimum absolute atomic E-state index is 0.0235. The molecule has 4 rings (SSSR count). The van der Waals surface area contributed by atoms with E-state index < -0.39 is 0 Å². The van der Waals surface area contributed by atoms with Crippen LogP contribution in [0.25, 0.3) is 0 Å². The number of rotatable bonds is 5. The quantitative estimate of drug-likeness (QED) is 0.904. The molecule has 4 heterocycles. The third-order valence-corrected chi connectivity index (χ3v) is 5.78. The maximum atomic E-state index is 12.4. The van der Waals surface area contributed by atoms with Gasteiger partial charge in [0.2, 0.25) is 5.91 Å². The lowest BCUT2D eigenvalue weighted by molar-refractivity contribution is -0.133. The van der Waals surface area contributed by atoms with Crippen molar-refractivity contribution in [1.82, 2.24) is 10.2 Å². The molecule has 0 aromatic carbocycles. The summed E-state index contributed by atoms with van der Waals surface area (Å²) in [5.74, 6) is 1.50. The van der Waals surface area contributed by atoms with Crippen LogP contribution in [0, 0.1) is 5.92 Å². The molecule has 24 heavy (non-hydrogen) atoms. The molecule has 6 heteroatoms. The van der Waals surface area contributed by atoms with Crippen LogP contribution >= 0.6 is 11.3 Å². The van der Waals surface area contributed by atoms with Gasteiger partial charge < -0.3 is 14.5 Å². The van der Waals surface area contributed by atoms with Gasteiger partial charge in [-0.15, -0.1) is 11.3 Å². The highest BCUT2D eigenvalue weighted by Gasteiger charge is 2.41. The highest BCUT2D eigenvalue weighted by molar-refractivity contribution is 7.09. The number of carbonyl (C=O) groups excluding carboxylic acids is 1. The van der Waals surface area contributed by atoms with Crippen molar-refractivity contribution in [2.75, 3.05) is 13.1 Å². The van der Waals surface area contributed by atoms with Crippen LogP contribution in [-0.4, -0.2) is 36.1 Å². The first-order chi connectivity index (χ1) is 11.8. The molecule has 5 nitrogen and oxygen atoms in total. The zero-order valence-corrected chi connectivity index (χ0v) is 14.3. The first-order valence-electron chi connectivity index (χ1n) is 8.48. The molecule has 3 atom stereocenters. The zero-order chi connectivity index (χ0) is 16.4. The molecule has 0 aliphatic carbocycles. The smallest absolute Gasteiger partial charge is 0.249 e. The molecular weight excluding hydrogens is 324 g/mol. The molecule has 2 aliphatic heterocycles. The van der Waals surface area contributed by atoms with Crippen LogP contribution in [-0.2, 0) is 22.6 Å². The first kappa shape index (κ1) is 15.9. The SMILES string of the molecule is O=C(NCc1cccs1)[C@H]1C[C@@H]2CCN(Cc3ccco3)C[C@H]2O1. The monoisotopic (exact) mass is 346 g/mol. The Hall–Kier alpha value is -1.63. The maximum Gasteiger partial charge on any atom is 0.249 e. The second-order valence-electron chi connectivity index (χ2n) is 6.56. The zero-order valence-electron chi connectivity index (χ0n) is 13.5. The predicted molar refractivity (Wildman–Crippen MR) is 91.5 cm³/mol. The Morgan fingerprint density at radius 1 is 1.38 bits per heavy atom. The highest BCUT2D eigenvalue weighted by Crippen LogP contribution is 2.33. The Labute approximate surface area is 145 Å². The molecule has 0 unspecified atom stereocenters. The number of nitrogens with zero attached hydrogens (tertiary/aromatic N) is 1. The van der Waals surface area contributed by atoms with Crippen molar-refractivity contribution in [3.05, 3.63) is 46.5 Å². The predicted octanol–water partition coefficient (Wildman–Crippen LogP) is 2.64. The Bertz CT molecular complexity index is 656. The summed E-state index contributed by atoms with van der Waals surface area (Å²) >= 11 is 1.66. The van der Waals surface area contributed by atoms with Crippen molar-refractivity contribution in [3.8, 4) is 0 Å². The lowest BCUT2D eigenvalue weighted by Crippen LogP contribution is -2.42. The second kappa shape index (κ2) is 7.09. The maximum absolute atomic E-state index is 12.4. The summed E-state index contributed by atoms with van der Waals surface area (Å²) in [5, 5.41) is 5.03. The topological polar surface area (TPSA) is 54.7 Å². The summed E-state index contributed by atoms with van der Waals surface area (Å²) in [4.78, 5) is 15.9. The molecule has 2 aromatic heterocycles. The Kier molecular flexibility index (Phi) is 4.69.